The molecule has 0 saturated heterocycles. The highest BCUT2D eigenvalue weighted by atomic mass is 32.3. The minimum atomic E-state index is -4.55. The third kappa shape index (κ3) is 3.06. The Balaban J connectivity index is 2.90. The van der Waals surface area contributed by atoms with Crippen LogP contribution >= 0.6 is 0 Å². The Morgan fingerprint density at radius 3 is 2.50 bits per heavy atom. The van der Waals surface area contributed by atoms with Crippen LogP contribution in [0.25, 0.3) is 0 Å². The summed E-state index contributed by atoms with van der Waals surface area (Å²) >= 11 is 0. The van der Waals surface area contributed by atoms with Gasteiger partial charge in [0, 0.05) is 5.56 Å². The number of hydrogen-bond acceptors (Lipinski definition) is 3. The molecule has 0 heterocycles. The fourth-order valence-electron chi connectivity index (χ4n) is 1.04. The molecule has 1 rings (SSSR count). The molecule has 78 valence electrons. The van der Waals surface area contributed by atoms with E-state index in [1.54, 1.807) is 6.07 Å². The van der Waals surface area contributed by atoms with Crippen LogP contribution < -0.4 is 0 Å². The summed E-state index contributed by atoms with van der Waals surface area (Å²) in [6, 6.07) is 5.58. The van der Waals surface area contributed by atoms with Crippen molar-refractivity contribution in [1.29, 1.82) is 0 Å². The highest BCUT2D eigenvalue weighted by Crippen LogP contribution is 2.20. The molecule has 0 aliphatic heterocycles. The van der Waals surface area contributed by atoms with E-state index in [9.17, 15) is 12.8 Å². The summed E-state index contributed by atoms with van der Waals surface area (Å²) in [5.41, 5.74) is 0.0742. The molecule has 0 aromatic heterocycles. The van der Waals surface area contributed by atoms with Crippen molar-refractivity contribution in [3.8, 4) is 0 Å². The van der Waals surface area contributed by atoms with Gasteiger partial charge in [0.15, 0.2) is 0 Å². The zero-order valence-electron chi connectivity index (χ0n) is 7.34. The predicted molar refractivity (Wildman–Crippen MR) is 47.4 cm³/mol. The van der Waals surface area contributed by atoms with E-state index in [2.05, 4.69) is 4.18 Å². The molecule has 1 N–H and O–H groups in total. The Morgan fingerprint density at radius 1 is 1.43 bits per heavy atom. The van der Waals surface area contributed by atoms with Gasteiger partial charge in [0.1, 0.15) is 11.9 Å². The summed E-state index contributed by atoms with van der Waals surface area (Å²) in [6.45, 7) is 1.33. The maximum Gasteiger partial charge on any atom is 0.397 e. The van der Waals surface area contributed by atoms with Gasteiger partial charge in [0.2, 0.25) is 0 Å². The monoisotopic (exact) mass is 220 g/mol. The van der Waals surface area contributed by atoms with Crippen LogP contribution in [0.3, 0.4) is 0 Å². The molecule has 14 heavy (non-hydrogen) atoms. The Hall–Kier alpha value is -0.980. The van der Waals surface area contributed by atoms with Crippen molar-refractivity contribution in [3.05, 3.63) is 35.6 Å². The highest BCUT2D eigenvalue weighted by molar-refractivity contribution is 7.80. The van der Waals surface area contributed by atoms with Crippen molar-refractivity contribution < 1.29 is 21.5 Å². The van der Waals surface area contributed by atoms with Gasteiger partial charge in [-0.1, -0.05) is 18.2 Å². The van der Waals surface area contributed by atoms with Gasteiger partial charge in [-0.3, -0.25) is 4.55 Å². The summed E-state index contributed by atoms with van der Waals surface area (Å²) in [5, 5.41) is 0. The molecule has 0 fully saturated rings. The second-order valence-corrected chi connectivity index (χ2v) is 3.74. The van der Waals surface area contributed by atoms with Crippen LogP contribution in [0.2, 0.25) is 0 Å². The van der Waals surface area contributed by atoms with Crippen LogP contribution in [0.4, 0.5) is 4.39 Å². The molecule has 0 aliphatic carbocycles. The molecule has 1 atom stereocenters. The van der Waals surface area contributed by atoms with Gasteiger partial charge in [-0.2, -0.15) is 8.42 Å². The number of rotatable bonds is 3. The lowest BCUT2D eigenvalue weighted by Gasteiger charge is -2.10. The molecule has 1 aromatic carbocycles. The smallest absolute Gasteiger partial charge is 0.264 e. The largest absolute Gasteiger partial charge is 0.397 e. The molecule has 0 spiro atoms. The van der Waals surface area contributed by atoms with Gasteiger partial charge in [0.25, 0.3) is 0 Å². The Bertz CT molecular complexity index is 415. The van der Waals surface area contributed by atoms with E-state index in [1.807, 2.05) is 0 Å². The summed E-state index contributed by atoms with van der Waals surface area (Å²) < 4.78 is 46.3. The van der Waals surface area contributed by atoms with Crippen LogP contribution in [0.1, 0.15) is 18.6 Å². The van der Waals surface area contributed by atoms with E-state index in [0.717, 1.165) is 0 Å². The second kappa shape index (κ2) is 4.04. The lowest BCUT2D eigenvalue weighted by Crippen LogP contribution is -2.09. The van der Waals surface area contributed by atoms with Crippen molar-refractivity contribution in [3.63, 3.8) is 0 Å². The average molecular weight is 220 g/mol. The van der Waals surface area contributed by atoms with Crippen molar-refractivity contribution >= 4 is 10.4 Å². The number of benzene rings is 1. The Labute approximate surface area is 81.3 Å². The Morgan fingerprint density at radius 2 is 2.00 bits per heavy atom. The molecule has 6 heteroatoms. The molecular weight excluding hydrogens is 211 g/mol. The quantitative estimate of drug-likeness (QED) is 0.787. The highest BCUT2D eigenvalue weighted by Gasteiger charge is 2.16. The summed E-state index contributed by atoms with van der Waals surface area (Å²) in [7, 11) is -4.55. The van der Waals surface area contributed by atoms with Crippen LogP contribution in [0, 0.1) is 5.82 Å². The Kier molecular flexibility index (Phi) is 3.20. The first-order chi connectivity index (χ1) is 6.40. The zero-order valence-corrected chi connectivity index (χ0v) is 8.16. The normalized spacial score (nSPS) is 13.9. The standard InChI is InChI=1S/C8H9FO4S/c1-6(13-14(10,11)12)7-4-2-3-5-8(7)9/h2-6H,1H3,(H,10,11,12). The third-order valence-electron chi connectivity index (χ3n) is 1.61. The topological polar surface area (TPSA) is 63.6 Å². The first-order valence-electron chi connectivity index (χ1n) is 3.80. The molecule has 0 bridgehead atoms. The van der Waals surface area contributed by atoms with E-state index >= 15 is 0 Å². The van der Waals surface area contributed by atoms with Gasteiger partial charge < -0.3 is 0 Å². The molecular formula is C8H9FO4S. The van der Waals surface area contributed by atoms with Gasteiger partial charge >= 0.3 is 10.4 Å². The molecule has 0 saturated carbocycles. The molecule has 1 unspecified atom stereocenters. The molecule has 1 aromatic rings. The molecule has 0 amide bonds. The minimum absolute atomic E-state index is 0.0742. The van der Waals surface area contributed by atoms with Crippen LogP contribution in [-0.2, 0) is 14.6 Å². The van der Waals surface area contributed by atoms with Gasteiger partial charge in [-0.25, -0.2) is 8.57 Å². The lowest BCUT2D eigenvalue weighted by atomic mass is 10.1. The molecule has 0 radical (unpaired) electrons. The first kappa shape index (κ1) is 11.1. The van der Waals surface area contributed by atoms with Crippen LogP contribution in [-0.4, -0.2) is 13.0 Å². The summed E-state index contributed by atoms with van der Waals surface area (Å²) in [6.07, 6.45) is -1.05. The average Bonchev–Trinajstić information content (AvgIpc) is 2.01. The van der Waals surface area contributed by atoms with E-state index in [1.165, 1.54) is 25.1 Å². The van der Waals surface area contributed by atoms with Crippen molar-refractivity contribution in [2.45, 2.75) is 13.0 Å². The minimum Gasteiger partial charge on any atom is -0.264 e. The van der Waals surface area contributed by atoms with Gasteiger partial charge in [-0.05, 0) is 13.0 Å². The van der Waals surface area contributed by atoms with E-state index < -0.39 is 22.3 Å². The number of halogens is 1. The van der Waals surface area contributed by atoms with Gasteiger partial charge in [0.05, 0.1) is 0 Å². The first-order valence-corrected chi connectivity index (χ1v) is 5.17. The SMILES string of the molecule is CC(OS(=O)(=O)O)c1ccccc1F. The third-order valence-corrected chi connectivity index (χ3v) is 2.14. The van der Waals surface area contributed by atoms with Crippen LogP contribution in [0.5, 0.6) is 0 Å². The molecule has 0 aliphatic rings. The number of hydrogen-bond donors (Lipinski definition) is 1. The lowest BCUT2D eigenvalue weighted by molar-refractivity contribution is 0.197. The van der Waals surface area contributed by atoms with Crippen molar-refractivity contribution in [1.82, 2.24) is 0 Å². The van der Waals surface area contributed by atoms with E-state index in [4.69, 9.17) is 4.55 Å². The fourth-order valence-corrected chi connectivity index (χ4v) is 1.51. The van der Waals surface area contributed by atoms with Crippen molar-refractivity contribution in [2.24, 2.45) is 0 Å². The maximum atomic E-state index is 13.1. The maximum absolute atomic E-state index is 13.1. The fraction of sp³-hybridized carbons (Fsp3) is 0.250. The summed E-state index contributed by atoms with van der Waals surface area (Å²) in [4.78, 5) is 0. The van der Waals surface area contributed by atoms with Crippen LogP contribution in [0.15, 0.2) is 24.3 Å². The van der Waals surface area contributed by atoms with Crippen molar-refractivity contribution in [2.75, 3.05) is 0 Å². The van der Waals surface area contributed by atoms with E-state index in [0.29, 0.717) is 0 Å². The zero-order chi connectivity index (χ0) is 10.8. The predicted octanol–water partition coefficient (Wildman–Crippen LogP) is 1.71. The van der Waals surface area contributed by atoms with Gasteiger partial charge in [-0.15, -0.1) is 0 Å². The molecule has 4 nitrogen and oxygen atoms in total. The summed E-state index contributed by atoms with van der Waals surface area (Å²) in [5.74, 6) is -0.580. The second-order valence-electron chi connectivity index (χ2n) is 2.69. The van der Waals surface area contributed by atoms with E-state index in [-0.39, 0.29) is 5.56 Å².